The molecule has 0 unspecified atom stereocenters. The quantitative estimate of drug-likeness (QED) is 0.519. The summed E-state index contributed by atoms with van der Waals surface area (Å²) in [6.45, 7) is 7.72. The molecular formula is C26H31FN4O2. The zero-order chi connectivity index (χ0) is 23.2. The van der Waals surface area contributed by atoms with E-state index in [0.29, 0.717) is 36.7 Å². The second-order valence-corrected chi connectivity index (χ2v) is 8.57. The number of ether oxygens (including phenoxy) is 1. The van der Waals surface area contributed by atoms with Crippen LogP contribution in [0.2, 0.25) is 0 Å². The molecule has 1 amide bonds. The van der Waals surface area contributed by atoms with E-state index in [4.69, 9.17) is 4.74 Å². The molecule has 7 heteroatoms. The lowest BCUT2D eigenvalue weighted by atomic mass is 10.1. The van der Waals surface area contributed by atoms with Gasteiger partial charge in [-0.3, -0.25) is 4.79 Å². The molecule has 2 heterocycles. The molecule has 1 saturated heterocycles. The third-order valence-corrected chi connectivity index (χ3v) is 5.96. The second-order valence-electron chi connectivity index (χ2n) is 8.57. The van der Waals surface area contributed by atoms with E-state index >= 15 is 0 Å². The van der Waals surface area contributed by atoms with Crippen LogP contribution in [-0.4, -0.2) is 46.8 Å². The van der Waals surface area contributed by atoms with E-state index in [2.05, 4.69) is 15.3 Å². The lowest BCUT2D eigenvalue weighted by molar-refractivity contribution is -0.121. The lowest BCUT2D eigenvalue weighted by Crippen LogP contribution is -2.33. The van der Waals surface area contributed by atoms with Crippen molar-refractivity contribution >= 4 is 5.91 Å². The van der Waals surface area contributed by atoms with E-state index in [-0.39, 0.29) is 11.7 Å². The molecule has 174 valence electrons. The first kappa shape index (κ1) is 23.0. The summed E-state index contributed by atoms with van der Waals surface area (Å²) in [6, 6.07) is 13.9. The lowest BCUT2D eigenvalue weighted by Gasteiger charge is -2.15. The van der Waals surface area contributed by atoms with Crippen LogP contribution in [0, 0.1) is 19.7 Å². The summed E-state index contributed by atoms with van der Waals surface area (Å²) in [6.07, 6.45) is 3.34. The second kappa shape index (κ2) is 10.6. The number of nitrogens with one attached hydrogen (secondary N) is 1. The van der Waals surface area contributed by atoms with E-state index in [9.17, 15) is 9.18 Å². The standard InChI is InChI=1S/C26H31FN4O2/c1-19-6-5-7-23(18-19)33-26-24(12-13-25(32)28-14-17-30-15-3-4-16-30)20(2)29-31(26)22-10-8-21(27)9-11-22/h5-11,18H,3-4,12-17H2,1-2H3,(H,28,32). The largest absolute Gasteiger partial charge is 0.439 e. The number of benzene rings is 2. The van der Waals surface area contributed by atoms with Crippen molar-refractivity contribution in [2.75, 3.05) is 26.2 Å². The molecule has 1 aromatic heterocycles. The van der Waals surface area contributed by atoms with Crippen molar-refractivity contribution in [3.8, 4) is 17.3 Å². The summed E-state index contributed by atoms with van der Waals surface area (Å²) in [5.41, 5.74) is 3.43. The van der Waals surface area contributed by atoms with Crippen LogP contribution in [0.5, 0.6) is 11.6 Å². The Kier molecular flexibility index (Phi) is 7.40. The number of halogens is 1. The van der Waals surface area contributed by atoms with Gasteiger partial charge in [-0.2, -0.15) is 5.10 Å². The van der Waals surface area contributed by atoms with E-state index < -0.39 is 0 Å². The molecule has 0 radical (unpaired) electrons. The van der Waals surface area contributed by atoms with Gasteiger partial charge in [-0.05, 0) is 88.2 Å². The first-order valence-electron chi connectivity index (χ1n) is 11.6. The topological polar surface area (TPSA) is 59.4 Å². The maximum atomic E-state index is 13.5. The molecule has 4 rings (SSSR count). The highest BCUT2D eigenvalue weighted by Gasteiger charge is 2.20. The maximum absolute atomic E-state index is 13.5. The summed E-state index contributed by atoms with van der Waals surface area (Å²) in [4.78, 5) is 14.9. The Morgan fingerprint density at radius 3 is 2.61 bits per heavy atom. The molecule has 1 N–H and O–H groups in total. The van der Waals surface area contributed by atoms with Gasteiger partial charge in [0, 0.05) is 25.1 Å². The normalized spacial score (nSPS) is 13.9. The van der Waals surface area contributed by atoms with Crippen molar-refractivity contribution in [3.63, 3.8) is 0 Å². The molecule has 0 aliphatic carbocycles. The fourth-order valence-electron chi connectivity index (χ4n) is 4.17. The van der Waals surface area contributed by atoms with Gasteiger partial charge in [0.1, 0.15) is 11.6 Å². The number of amides is 1. The molecule has 3 aromatic rings. The van der Waals surface area contributed by atoms with Crippen molar-refractivity contribution < 1.29 is 13.9 Å². The smallest absolute Gasteiger partial charge is 0.226 e. The van der Waals surface area contributed by atoms with Crippen LogP contribution in [0.25, 0.3) is 5.69 Å². The summed E-state index contributed by atoms with van der Waals surface area (Å²) < 4.78 is 21.4. The molecule has 0 saturated carbocycles. The van der Waals surface area contributed by atoms with E-state index in [1.165, 1.54) is 25.0 Å². The molecular weight excluding hydrogens is 419 g/mol. The van der Waals surface area contributed by atoms with Gasteiger partial charge in [0.05, 0.1) is 11.4 Å². The number of aryl methyl sites for hydroxylation is 2. The van der Waals surface area contributed by atoms with Crippen LogP contribution < -0.4 is 10.1 Å². The Hall–Kier alpha value is -3.19. The van der Waals surface area contributed by atoms with Crippen LogP contribution in [0.15, 0.2) is 48.5 Å². The Labute approximate surface area is 194 Å². The van der Waals surface area contributed by atoms with Gasteiger partial charge in [-0.15, -0.1) is 0 Å². The summed E-state index contributed by atoms with van der Waals surface area (Å²) in [5, 5.41) is 7.68. The Bertz CT molecular complexity index is 1090. The average Bonchev–Trinajstić information content (AvgIpc) is 3.41. The van der Waals surface area contributed by atoms with Crippen molar-refractivity contribution in [3.05, 3.63) is 71.2 Å². The van der Waals surface area contributed by atoms with Gasteiger partial charge in [0.25, 0.3) is 0 Å². The van der Waals surface area contributed by atoms with Gasteiger partial charge in [0.15, 0.2) is 0 Å². The number of carbonyl (C=O) groups excluding carboxylic acids is 1. The minimum absolute atomic E-state index is 0.0182. The van der Waals surface area contributed by atoms with Crippen LogP contribution in [-0.2, 0) is 11.2 Å². The average molecular weight is 451 g/mol. The zero-order valence-corrected chi connectivity index (χ0v) is 19.3. The van der Waals surface area contributed by atoms with Crippen molar-refractivity contribution in [1.82, 2.24) is 20.0 Å². The van der Waals surface area contributed by atoms with Gasteiger partial charge >= 0.3 is 0 Å². The van der Waals surface area contributed by atoms with Crippen molar-refractivity contribution in [2.45, 2.75) is 39.5 Å². The Balaban J connectivity index is 1.50. The predicted molar refractivity (Wildman–Crippen MR) is 127 cm³/mol. The van der Waals surface area contributed by atoms with Crippen molar-refractivity contribution in [1.29, 1.82) is 0 Å². The van der Waals surface area contributed by atoms with Crippen LogP contribution in [0.3, 0.4) is 0 Å². The minimum Gasteiger partial charge on any atom is -0.439 e. The summed E-state index contributed by atoms with van der Waals surface area (Å²) in [5.74, 6) is 0.948. The third-order valence-electron chi connectivity index (χ3n) is 5.96. The monoisotopic (exact) mass is 450 g/mol. The SMILES string of the molecule is Cc1cccc(Oc2c(CCC(=O)NCCN3CCCC3)c(C)nn2-c2ccc(F)cc2)c1. The molecule has 1 aliphatic heterocycles. The first-order chi connectivity index (χ1) is 16.0. The maximum Gasteiger partial charge on any atom is 0.226 e. The van der Waals surface area contributed by atoms with Gasteiger partial charge < -0.3 is 15.0 Å². The Morgan fingerprint density at radius 2 is 1.88 bits per heavy atom. The number of carbonyl (C=O) groups is 1. The van der Waals surface area contributed by atoms with Gasteiger partial charge in [-0.25, -0.2) is 9.07 Å². The number of rotatable bonds is 9. The number of likely N-dealkylation sites (tertiary alicyclic amines) is 1. The molecule has 0 atom stereocenters. The van der Waals surface area contributed by atoms with Gasteiger partial charge in [-0.1, -0.05) is 12.1 Å². The van der Waals surface area contributed by atoms with Crippen LogP contribution in [0.4, 0.5) is 4.39 Å². The van der Waals surface area contributed by atoms with E-state index in [1.807, 2.05) is 38.1 Å². The number of hydrogen-bond acceptors (Lipinski definition) is 4. The van der Waals surface area contributed by atoms with Gasteiger partial charge in [0.2, 0.25) is 11.8 Å². The molecule has 1 aliphatic rings. The number of hydrogen-bond donors (Lipinski definition) is 1. The Morgan fingerprint density at radius 1 is 1.12 bits per heavy atom. The summed E-state index contributed by atoms with van der Waals surface area (Å²) >= 11 is 0. The molecule has 33 heavy (non-hydrogen) atoms. The third kappa shape index (κ3) is 5.99. The molecule has 1 fully saturated rings. The molecule has 0 spiro atoms. The minimum atomic E-state index is -0.311. The highest BCUT2D eigenvalue weighted by Crippen LogP contribution is 2.32. The number of aromatic nitrogens is 2. The van der Waals surface area contributed by atoms with E-state index in [0.717, 1.165) is 36.5 Å². The zero-order valence-electron chi connectivity index (χ0n) is 19.3. The van der Waals surface area contributed by atoms with Crippen LogP contribution >= 0.6 is 0 Å². The fraction of sp³-hybridized carbons (Fsp3) is 0.385. The molecule has 0 bridgehead atoms. The fourth-order valence-corrected chi connectivity index (χ4v) is 4.17. The first-order valence-corrected chi connectivity index (χ1v) is 11.6. The molecule has 6 nitrogen and oxygen atoms in total. The van der Waals surface area contributed by atoms with Crippen LogP contribution in [0.1, 0.15) is 36.1 Å². The molecule has 2 aromatic carbocycles. The van der Waals surface area contributed by atoms with E-state index in [1.54, 1.807) is 16.8 Å². The highest BCUT2D eigenvalue weighted by atomic mass is 19.1. The van der Waals surface area contributed by atoms with Crippen molar-refractivity contribution in [2.24, 2.45) is 0 Å². The summed E-state index contributed by atoms with van der Waals surface area (Å²) in [7, 11) is 0. The number of nitrogens with zero attached hydrogens (tertiary/aromatic N) is 3. The predicted octanol–water partition coefficient (Wildman–Crippen LogP) is 4.57. The highest BCUT2D eigenvalue weighted by molar-refractivity contribution is 5.76.